The van der Waals surface area contributed by atoms with Crippen molar-refractivity contribution < 1.29 is 9.53 Å². The van der Waals surface area contributed by atoms with Gasteiger partial charge in [-0.2, -0.15) is 0 Å². The Hall–Kier alpha value is -3.12. The van der Waals surface area contributed by atoms with Gasteiger partial charge in [-0.15, -0.1) is 11.3 Å². The minimum atomic E-state index is -0.239. The molecule has 0 spiro atoms. The van der Waals surface area contributed by atoms with Crippen molar-refractivity contribution in [2.24, 2.45) is 0 Å². The highest BCUT2D eigenvalue weighted by atomic mass is 32.1. The number of nitrogens with zero attached hydrogens (tertiary/aromatic N) is 2. The normalized spacial score (nSPS) is 12.1. The van der Waals surface area contributed by atoms with Crippen molar-refractivity contribution >= 4 is 28.3 Å². The maximum Gasteiger partial charge on any atom is 0.261 e. The number of para-hydroxylation sites is 3. The molecule has 5 nitrogen and oxygen atoms in total. The van der Waals surface area contributed by atoms with E-state index in [2.05, 4.69) is 16.0 Å². The number of carbonyl (C=O) groups is 1. The lowest BCUT2D eigenvalue weighted by Crippen LogP contribution is -2.28. The van der Waals surface area contributed by atoms with Crippen LogP contribution >= 0.6 is 11.3 Å². The van der Waals surface area contributed by atoms with Gasteiger partial charge in [-0.25, -0.2) is 4.98 Å². The summed E-state index contributed by atoms with van der Waals surface area (Å²) in [7, 11) is 1.68. The third-order valence-corrected chi connectivity index (χ3v) is 5.55. The van der Waals surface area contributed by atoms with Gasteiger partial charge in [0.15, 0.2) is 0 Å². The summed E-state index contributed by atoms with van der Waals surface area (Å²) in [6, 6.07) is 19.4. The third-order valence-electron chi connectivity index (χ3n) is 4.68. The molecule has 0 aliphatic rings. The van der Waals surface area contributed by atoms with Crippen molar-refractivity contribution in [2.75, 3.05) is 7.11 Å². The number of benzene rings is 2. The lowest BCUT2D eigenvalue weighted by Gasteiger charge is -2.17. The zero-order valence-corrected chi connectivity index (χ0v) is 16.6. The first-order chi connectivity index (χ1) is 13.7. The van der Waals surface area contributed by atoms with Gasteiger partial charge in [0.2, 0.25) is 0 Å². The van der Waals surface area contributed by atoms with Crippen LogP contribution < -0.4 is 10.1 Å². The van der Waals surface area contributed by atoms with Crippen molar-refractivity contribution in [1.82, 2.24) is 14.9 Å². The molecule has 0 radical (unpaired) electrons. The van der Waals surface area contributed by atoms with Gasteiger partial charge < -0.3 is 14.6 Å². The number of ether oxygens (including phenoxy) is 1. The second-order valence-electron chi connectivity index (χ2n) is 6.53. The van der Waals surface area contributed by atoms with E-state index in [-0.39, 0.29) is 11.9 Å². The number of rotatable bonds is 6. The Morgan fingerprint density at radius 3 is 2.71 bits per heavy atom. The molecule has 1 N–H and O–H groups in total. The molecular formula is C22H21N3O2S. The molecule has 4 rings (SSSR count). The number of hydrogen-bond acceptors (Lipinski definition) is 4. The molecule has 2 heterocycles. The smallest absolute Gasteiger partial charge is 0.261 e. The van der Waals surface area contributed by atoms with Gasteiger partial charge in [-0.1, -0.05) is 36.4 Å². The number of imidazole rings is 1. The SMILES string of the molecule is COc1ccccc1Cn1c(C(C)NC(=O)c2cccs2)nc2ccccc21. The fraction of sp³-hybridized carbons (Fsp3) is 0.182. The van der Waals surface area contributed by atoms with Crippen LogP contribution in [-0.4, -0.2) is 22.6 Å². The summed E-state index contributed by atoms with van der Waals surface area (Å²) in [4.78, 5) is 18.0. The van der Waals surface area contributed by atoms with Crippen LogP contribution in [0.1, 0.15) is 34.0 Å². The number of fused-ring (bicyclic) bond motifs is 1. The van der Waals surface area contributed by atoms with Gasteiger partial charge in [0, 0.05) is 5.56 Å². The van der Waals surface area contributed by atoms with Crippen LogP contribution in [0.4, 0.5) is 0 Å². The second kappa shape index (κ2) is 7.86. The van der Waals surface area contributed by atoms with E-state index in [1.165, 1.54) is 11.3 Å². The lowest BCUT2D eigenvalue weighted by atomic mass is 10.2. The van der Waals surface area contributed by atoms with Gasteiger partial charge in [0.1, 0.15) is 11.6 Å². The molecule has 0 saturated carbocycles. The number of nitrogens with one attached hydrogen (secondary N) is 1. The molecule has 0 bridgehead atoms. The quantitative estimate of drug-likeness (QED) is 0.521. The monoisotopic (exact) mass is 391 g/mol. The van der Waals surface area contributed by atoms with Gasteiger partial charge >= 0.3 is 0 Å². The minimum Gasteiger partial charge on any atom is -0.496 e. The third kappa shape index (κ3) is 3.51. The van der Waals surface area contributed by atoms with Gasteiger partial charge in [0.25, 0.3) is 5.91 Å². The Morgan fingerprint density at radius 1 is 1.14 bits per heavy atom. The Labute approximate surface area is 167 Å². The predicted molar refractivity (Wildman–Crippen MR) is 112 cm³/mol. The molecule has 1 atom stereocenters. The van der Waals surface area contributed by atoms with Crippen LogP contribution in [0.5, 0.6) is 5.75 Å². The summed E-state index contributed by atoms with van der Waals surface area (Å²) in [6.07, 6.45) is 0. The van der Waals surface area contributed by atoms with Crippen molar-refractivity contribution in [1.29, 1.82) is 0 Å². The fourth-order valence-corrected chi connectivity index (χ4v) is 3.96. The van der Waals surface area contributed by atoms with E-state index >= 15 is 0 Å². The maximum absolute atomic E-state index is 12.5. The summed E-state index contributed by atoms with van der Waals surface area (Å²) in [5, 5.41) is 4.97. The second-order valence-corrected chi connectivity index (χ2v) is 7.48. The Balaban J connectivity index is 1.71. The molecule has 2 aromatic heterocycles. The Morgan fingerprint density at radius 2 is 1.93 bits per heavy atom. The number of methoxy groups -OCH3 is 1. The summed E-state index contributed by atoms with van der Waals surface area (Å²) in [6.45, 7) is 2.57. The van der Waals surface area contributed by atoms with E-state index in [0.29, 0.717) is 11.4 Å². The van der Waals surface area contributed by atoms with Crippen LogP contribution in [0.3, 0.4) is 0 Å². The van der Waals surface area contributed by atoms with Crippen molar-refractivity contribution in [3.05, 3.63) is 82.3 Å². The number of amides is 1. The van der Waals surface area contributed by atoms with E-state index in [1.54, 1.807) is 7.11 Å². The molecule has 0 fully saturated rings. The Bertz CT molecular complexity index is 1100. The highest BCUT2D eigenvalue weighted by Crippen LogP contribution is 2.26. The van der Waals surface area contributed by atoms with Gasteiger partial charge in [-0.05, 0) is 36.6 Å². The van der Waals surface area contributed by atoms with Gasteiger partial charge in [0.05, 0.1) is 35.6 Å². The molecule has 0 saturated heterocycles. The number of thiophene rings is 1. The first-order valence-electron chi connectivity index (χ1n) is 9.09. The van der Waals surface area contributed by atoms with E-state index < -0.39 is 0 Å². The van der Waals surface area contributed by atoms with Crippen molar-refractivity contribution in [3.8, 4) is 5.75 Å². The summed E-state index contributed by atoms with van der Waals surface area (Å²) in [5.41, 5.74) is 3.00. The molecule has 0 aliphatic carbocycles. The molecule has 1 unspecified atom stereocenters. The molecule has 6 heteroatoms. The first kappa shape index (κ1) is 18.3. The largest absolute Gasteiger partial charge is 0.496 e. The zero-order chi connectivity index (χ0) is 19.5. The molecule has 4 aromatic rings. The molecule has 2 aromatic carbocycles. The van der Waals surface area contributed by atoms with Gasteiger partial charge in [-0.3, -0.25) is 4.79 Å². The molecule has 142 valence electrons. The van der Waals surface area contributed by atoms with Crippen molar-refractivity contribution in [2.45, 2.75) is 19.5 Å². The topological polar surface area (TPSA) is 56.1 Å². The standard InChI is InChI=1S/C22H21N3O2S/c1-15(23-22(26)20-12-7-13-28-20)21-24-17-9-4-5-10-18(17)25(21)14-16-8-3-6-11-19(16)27-2/h3-13,15H,14H2,1-2H3,(H,23,26). The summed E-state index contributed by atoms with van der Waals surface area (Å²) >= 11 is 1.43. The average molecular weight is 391 g/mol. The van der Waals surface area contributed by atoms with Crippen LogP contribution in [0, 0.1) is 0 Å². The van der Waals surface area contributed by atoms with E-state index in [1.807, 2.05) is 66.9 Å². The Kier molecular flexibility index (Phi) is 5.12. The van der Waals surface area contributed by atoms with Crippen LogP contribution in [-0.2, 0) is 6.54 Å². The number of hydrogen-bond donors (Lipinski definition) is 1. The van der Waals surface area contributed by atoms with E-state index in [4.69, 9.17) is 9.72 Å². The minimum absolute atomic E-state index is 0.0848. The van der Waals surface area contributed by atoms with E-state index in [9.17, 15) is 4.79 Å². The number of aromatic nitrogens is 2. The first-order valence-corrected chi connectivity index (χ1v) is 9.96. The molecule has 1 amide bonds. The summed E-state index contributed by atoms with van der Waals surface area (Å²) in [5.74, 6) is 1.57. The average Bonchev–Trinajstić information content (AvgIpc) is 3.37. The zero-order valence-electron chi connectivity index (χ0n) is 15.8. The number of carbonyl (C=O) groups excluding carboxylic acids is 1. The maximum atomic E-state index is 12.5. The van der Waals surface area contributed by atoms with Crippen LogP contribution in [0.25, 0.3) is 11.0 Å². The lowest BCUT2D eigenvalue weighted by molar-refractivity contribution is 0.0942. The fourth-order valence-electron chi connectivity index (χ4n) is 3.33. The van der Waals surface area contributed by atoms with Crippen LogP contribution in [0.15, 0.2) is 66.0 Å². The summed E-state index contributed by atoms with van der Waals surface area (Å²) < 4.78 is 7.66. The van der Waals surface area contributed by atoms with Crippen LogP contribution in [0.2, 0.25) is 0 Å². The van der Waals surface area contributed by atoms with E-state index in [0.717, 1.165) is 28.2 Å². The van der Waals surface area contributed by atoms with Crippen molar-refractivity contribution in [3.63, 3.8) is 0 Å². The molecule has 0 aliphatic heterocycles. The predicted octanol–water partition coefficient (Wildman–Crippen LogP) is 4.65. The highest BCUT2D eigenvalue weighted by Gasteiger charge is 2.20. The molecular weight excluding hydrogens is 370 g/mol. The molecule has 28 heavy (non-hydrogen) atoms. The highest BCUT2D eigenvalue weighted by molar-refractivity contribution is 7.12.